The molecule has 1 aliphatic heterocycles. The number of amides is 3. The van der Waals surface area contributed by atoms with Gasteiger partial charge in [-0.25, -0.2) is 9.97 Å². The van der Waals surface area contributed by atoms with Gasteiger partial charge in [-0.2, -0.15) is 0 Å². The number of hydrogen-bond acceptors (Lipinski definition) is 11. The first-order chi connectivity index (χ1) is 27.9. The quantitative estimate of drug-likeness (QED) is 0.0876. The van der Waals surface area contributed by atoms with E-state index in [0.717, 1.165) is 82.0 Å². The van der Waals surface area contributed by atoms with Crippen LogP contribution in [0.4, 0.5) is 11.6 Å². The first-order valence-corrected chi connectivity index (χ1v) is 20.4. The summed E-state index contributed by atoms with van der Waals surface area (Å²) in [6, 6.07) is 15.8. The molecule has 3 aromatic rings. The lowest BCUT2D eigenvalue weighted by atomic mass is 9.99. The molecule has 5 N–H and O–H groups in total. The molecule has 1 aromatic heterocycles. The third kappa shape index (κ3) is 14.9. The van der Waals surface area contributed by atoms with E-state index in [1.54, 1.807) is 38.1 Å². The number of rotatable bonds is 24. The van der Waals surface area contributed by atoms with Crippen LogP contribution in [0.2, 0.25) is 5.15 Å². The zero-order valence-corrected chi connectivity index (χ0v) is 35.3. The smallest absolute Gasteiger partial charge is 0.274 e. The Morgan fingerprint density at radius 1 is 0.776 bits per heavy atom. The van der Waals surface area contributed by atoms with Crippen molar-refractivity contribution in [2.75, 3.05) is 105 Å². The number of quaternary nitrogens is 1. The molecule has 2 aromatic carbocycles. The minimum Gasteiger partial charge on any atom is -0.484 e. The Hall–Kier alpha value is -4.70. The minimum atomic E-state index is -0.416. The first-order valence-electron chi connectivity index (χ1n) is 20.1. The fourth-order valence-electron chi connectivity index (χ4n) is 7.22. The van der Waals surface area contributed by atoms with Gasteiger partial charge in [0.2, 0.25) is 0 Å². The molecule has 0 radical (unpaired) electrons. The molecule has 0 saturated carbocycles. The van der Waals surface area contributed by atoms with Gasteiger partial charge >= 0.3 is 0 Å². The standard InChI is InChI=1S/C42H61ClN8O7/c1-49(21-8-26-55-3)36(52)29-57-34-17-13-31(14-18-34)10-5-23-51(25-7-12-33(28-51)46-42(54)38-40(44)48-41(45)39(43)47-38)24-6-11-32-15-19-35(20-16-32)58-30-37(53)50(2)22-9-27-56-4/h13-20,33H,5-12,21-30H2,1-4H3,(H4-,44,45,46,48,54)/p+1. The number of nitrogens with zero attached hydrogens (tertiary/aromatic N) is 5. The number of methoxy groups -OCH3 is 2. The van der Waals surface area contributed by atoms with Crippen LogP contribution in [0.3, 0.4) is 0 Å². The van der Waals surface area contributed by atoms with Crippen molar-refractivity contribution in [1.82, 2.24) is 25.1 Å². The molecule has 0 spiro atoms. The van der Waals surface area contributed by atoms with E-state index in [9.17, 15) is 14.4 Å². The Morgan fingerprint density at radius 3 is 1.76 bits per heavy atom. The van der Waals surface area contributed by atoms with Gasteiger partial charge in [0.15, 0.2) is 35.7 Å². The molecule has 0 aliphatic carbocycles. The molecule has 2 heterocycles. The van der Waals surface area contributed by atoms with Gasteiger partial charge in [0.1, 0.15) is 11.5 Å². The molecule has 0 bridgehead atoms. The predicted octanol–water partition coefficient (Wildman–Crippen LogP) is 4.02. The van der Waals surface area contributed by atoms with Crippen LogP contribution in [0.25, 0.3) is 0 Å². The summed E-state index contributed by atoms with van der Waals surface area (Å²) < 4.78 is 22.6. The van der Waals surface area contributed by atoms with Gasteiger partial charge < -0.3 is 50.0 Å². The molecule has 318 valence electrons. The van der Waals surface area contributed by atoms with Crippen LogP contribution >= 0.6 is 11.6 Å². The number of hydrogen-bond donors (Lipinski definition) is 3. The molecule has 1 aliphatic rings. The summed E-state index contributed by atoms with van der Waals surface area (Å²) >= 11 is 6.08. The maximum atomic E-state index is 13.3. The molecular formula is C42H62ClN8O7+. The van der Waals surface area contributed by atoms with Gasteiger partial charge in [-0.05, 0) is 73.9 Å². The Morgan fingerprint density at radius 2 is 1.28 bits per heavy atom. The van der Waals surface area contributed by atoms with Gasteiger partial charge in [-0.15, -0.1) is 0 Å². The van der Waals surface area contributed by atoms with Gasteiger partial charge in [0.05, 0.1) is 32.2 Å². The normalized spacial score (nSPS) is 14.7. The summed E-state index contributed by atoms with van der Waals surface area (Å²) in [6.07, 6.45) is 6.98. The topological polar surface area (TPSA) is 184 Å². The average molecular weight is 826 g/mol. The average Bonchev–Trinajstić information content (AvgIpc) is 3.21. The molecule has 4 rings (SSSR count). The number of aromatic nitrogens is 2. The summed E-state index contributed by atoms with van der Waals surface area (Å²) in [5.74, 6) is 0.661. The number of likely N-dealkylation sites (N-methyl/N-ethyl adjacent to an activating group) is 2. The number of anilines is 2. The zero-order valence-electron chi connectivity index (χ0n) is 34.6. The van der Waals surface area contributed by atoms with E-state index in [4.69, 9.17) is 42.0 Å². The van der Waals surface area contributed by atoms with Crippen LogP contribution in [0.1, 0.15) is 60.1 Å². The van der Waals surface area contributed by atoms with Crippen LogP contribution in [0.15, 0.2) is 48.5 Å². The Balaban J connectivity index is 1.34. The maximum Gasteiger partial charge on any atom is 0.274 e. The lowest BCUT2D eigenvalue weighted by molar-refractivity contribution is -0.933. The number of piperidine rings is 1. The second-order valence-corrected chi connectivity index (χ2v) is 15.4. The van der Waals surface area contributed by atoms with Gasteiger partial charge in [0.25, 0.3) is 17.7 Å². The van der Waals surface area contributed by atoms with Crippen LogP contribution in [0, 0.1) is 0 Å². The van der Waals surface area contributed by atoms with E-state index >= 15 is 0 Å². The third-order valence-corrected chi connectivity index (χ3v) is 10.8. The molecule has 1 unspecified atom stereocenters. The van der Waals surface area contributed by atoms with Crippen molar-refractivity contribution in [3.63, 3.8) is 0 Å². The summed E-state index contributed by atoms with van der Waals surface area (Å²) in [7, 11) is 6.83. The molecule has 1 fully saturated rings. The van der Waals surface area contributed by atoms with E-state index in [0.29, 0.717) is 37.8 Å². The van der Waals surface area contributed by atoms with Crippen molar-refractivity contribution in [2.45, 2.75) is 57.4 Å². The molecule has 3 amide bonds. The highest BCUT2D eigenvalue weighted by atomic mass is 35.5. The van der Waals surface area contributed by atoms with Crippen molar-refractivity contribution in [2.24, 2.45) is 0 Å². The lowest BCUT2D eigenvalue weighted by Crippen LogP contribution is -2.60. The van der Waals surface area contributed by atoms with E-state index in [1.165, 1.54) is 11.1 Å². The van der Waals surface area contributed by atoms with Crippen LogP contribution in [-0.4, -0.2) is 142 Å². The minimum absolute atomic E-state index is 0.0160. The van der Waals surface area contributed by atoms with Gasteiger partial charge in [-0.1, -0.05) is 35.9 Å². The lowest BCUT2D eigenvalue weighted by Gasteiger charge is -2.45. The zero-order chi connectivity index (χ0) is 41.9. The van der Waals surface area contributed by atoms with E-state index < -0.39 is 5.91 Å². The largest absolute Gasteiger partial charge is 0.484 e. The van der Waals surface area contributed by atoms with Gasteiger partial charge in [-0.3, -0.25) is 14.4 Å². The van der Waals surface area contributed by atoms with Crippen LogP contribution in [-0.2, 0) is 31.9 Å². The van der Waals surface area contributed by atoms with Crippen molar-refractivity contribution >= 4 is 41.0 Å². The number of halogens is 1. The van der Waals surface area contributed by atoms with Gasteiger partial charge in [0, 0.05) is 67.5 Å². The maximum absolute atomic E-state index is 13.3. The molecule has 16 heteroatoms. The first kappa shape index (κ1) is 46.0. The third-order valence-electron chi connectivity index (χ3n) is 10.6. The molecule has 15 nitrogen and oxygen atoms in total. The SMILES string of the molecule is COCCCN(C)C(=O)COc1ccc(CCC[N+]2(CCCc3ccc(OCC(=O)N(C)CCCOC)cc3)CCCC(NC(=O)c3nc(Cl)c(N)nc3N)C2)cc1. The Kier molecular flexibility index (Phi) is 18.7. The van der Waals surface area contributed by atoms with Crippen LogP contribution < -0.4 is 26.3 Å². The number of aryl methyl sites for hydroxylation is 2. The number of benzene rings is 2. The predicted molar refractivity (Wildman–Crippen MR) is 225 cm³/mol. The Bertz CT molecular complexity index is 1670. The summed E-state index contributed by atoms with van der Waals surface area (Å²) in [6.45, 7) is 6.05. The number of carbonyl (C=O) groups excluding carboxylic acids is 3. The molecule has 58 heavy (non-hydrogen) atoms. The number of likely N-dealkylation sites (tertiary alicyclic amines) is 1. The number of ether oxygens (including phenoxy) is 4. The van der Waals surface area contributed by atoms with Crippen molar-refractivity contribution in [1.29, 1.82) is 0 Å². The summed E-state index contributed by atoms with van der Waals surface area (Å²) in [4.78, 5) is 49.6. The second kappa shape index (κ2) is 23.6. The van der Waals surface area contributed by atoms with Crippen LogP contribution in [0.5, 0.6) is 11.5 Å². The molecule has 1 atom stereocenters. The van der Waals surface area contributed by atoms with Crippen molar-refractivity contribution in [3.8, 4) is 11.5 Å². The highest BCUT2D eigenvalue weighted by Crippen LogP contribution is 2.25. The van der Waals surface area contributed by atoms with E-state index in [2.05, 4.69) is 39.6 Å². The Labute approximate surface area is 347 Å². The second-order valence-electron chi connectivity index (χ2n) is 15.0. The van der Waals surface area contributed by atoms with E-state index in [-0.39, 0.29) is 53.6 Å². The van der Waals surface area contributed by atoms with Crippen molar-refractivity contribution in [3.05, 3.63) is 70.5 Å². The monoisotopic (exact) mass is 825 g/mol. The number of nitrogen functional groups attached to an aromatic ring is 2. The highest BCUT2D eigenvalue weighted by molar-refractivity contribution is 6.31. The van der Waals surface area contributed by atoms with Crippen molar-refractivity contribution < 1.29 is 37.8 Å². The number of nitrogens with two attached hydrogens (primary N) is 2. The fraction of sp³-hybridized carbons (Fsp3) is 0.548. The van der Waals surface area contributed by atoms with E-state index in [1.807, 2.05) is 24.3 Å². The summed E-state index contributed by atoms with van der Waals surface area (Å²) in [5.41, 5.74) is 14.1. The molecule has 1 saturated heterocycles. The fourth-order valence-corrected chi connectivity index (χ4v) is 7.34. The molecular weight excluding hydrogens is 764 g/mol. The number of carbonyl (C=O) groups is 3. The summed E-state index contributed by atoms with van der Waals surface area (Å²) in [5, 5.41) is 3.10. The number of nitrogens with one attached hydrogen (secondary N) is 1. The highest BCUT2D eigenvalue weighted by Gasteiger charge is 2.35.